The molecule has 0 bridgehead atoms. The van der Waals surface area contributed by atoms with E-state index in [1.54, 1.807) is 6.20 Å². The molecule has 9 heteroatoms. The summed E-state index contributed by atoms with van der Waals surface area (Å²) in [5.41, 5.74) is 0.671. The molecule has 3 aromatic rings. The number of carbonyl (C=O) groups excluding carboxylic acids is 1. The lowest BCUT2D eigenvalue weighted by Gasteiger charge is -2.30. The number of urea groups is 1. The molecule has 0 radical (unpaired) electrons. The van der Waals surface area contributed by atoms with Crippen LogP contribution in [0.1, 0.15) is 31.2 Å². The fraction of sp³-hybridized carbons (Fsp3) is 0.304. The smallest absolute Gasteiger partial charge is 0.382 e. The number of anilines is 2. The van der Waals surface area contributed by atoms with Gasteiger partial charge in [0.05, 0.1) is 16.8 Å². The van der Waals surface area contributed by atoms with Gasteiger partial charge >= 0.3 is 12.2 Å². The number of hydrogen-bond acceptors (Lipinski definition) is 3. The number of benzene rings is 2. The summed E-state index contributed by atoms with van der Waals surface area (Å²) < 4.78 is 39.3. The molecule has 1 fully saturated rings. The van der Waals surface area contributed by atoms with Crippen molar-refractivity contribution in [1.82, 2.24) is 10.3 Å². The van der Waals surface area contributed by atoms with Crippen LogP contribution < -0.4 is 16.0 Å². The summed E-state index contributed by atoms with van der Waals surface area (Å²) >= 11 is 6.05. The van der Waals surface area contributed by atoms with Crippen LogP contribution in [0.3, 0.4) is 0 Å². The van der Waals surface area contributed by atoms with Gasteiger partial charge in [-0.05, 0) is 62.1 Å². The average molecular weight is 463 g/mol. The Bertz CT molecular complexity index is 1110. The Morgan fingerprint density at radius 1 is 0.969 bits per heavy atom. The highest BCUT2D eigenvalue weighted by molar-refractivity contribution is 6.31. The molecular weight excluding hydrogens is 441 g/mol. The van der Waals surface area contributed by atoms with E-state index in [1.807, 2.05) is 24.3 Å². The third-order valence-corrected chi connectivity index (χ3v) is 5.84. The highest BCUT2D eigenvalue weighted by Crippen LogP contribution is 2.34. The molecule has 3 N–H and O–H groups in total. The Morgan fingerprint density at radius 2 is 1.69 bits per heavy atom. The minimum Gasteiger partial charge on any atom is -0.382 e. The van der Waals surface area contributed by atoms with Crippen LogP contribution in [0.4, 0.5) is 29.3 Å². The normalized spacial score (nSPS) is 18.9. The van der Waals surface area contributed by atoms with Gasteiger partial charge in [-0.2, -0.15) is 13.2 Å². The molecule has 1 aliphatic carbocycles. The van der Waals surface area contributed by atoms with Gasteiger partial charge in [0.2, 0.25) is 0 Å². The Hall–Kier alpha value is -3.00. The number of pyridine rings is 1. The van der Waals surface area contributed by atoms with Crippen LogP contribution in [0, 0.1) is 0 Å². The zero-order chi connectivity index (χ0) is 22.7. The van der Waals surface area contributed by atoms with Crippen molar-refractivity contribution >= 4 is 39.9 Å². The van der Waals surface area contributed by atoms with Crippen LogP contribution in [0.5, 0.6) is 0 Å². The third-order valence-electron chi connectivity index (χ3n) is 5.61. The van der Waals surface area contributed by atoms with E-state index in [9.17, 15) is 18.0 Å². The molecule has 1 aromatic heterocycles. The van der Waals surface area contributed by atoms with Gasteiger partial charge in [-0.3, -0.25) is 4.98 Å². The quantitative estimate of drug-likeness (QED) is 0.417. The molecule has 0 spiro atoms. The van der Waals surface area contributed by atoms with Gasteiger partial charge in [0, 0.05) is 34.4 Å². The van der Waals surface area contributed by atoms with Gasteiger partial charge in [-0.1, -0.05) is 23.7 Å². The number of nitrogens with one attached hydrogen (secondary N) is 3. The molecule has 0 atom stereocenters. The fourth-order valence-electron chi connectivity index (χ4n) is 4.03. The molecule has 1 aliphatic rings. The molecule has 0 aliphatic heterocycles. The molecule has 1 heterocycles. The van der Waals surface area contributed by atoms with Crippen LogP contribution in [-0.4, -0.2) is 23.1 Å². The zero-order valence-electron chi connectivity index (χ0n) is 17.0. The SMILES string of the molecule is O=C(Nc1ccccc1C(F)(F)F)NC1CCC(Nc2ccnc3cc(Cl)ccc23)CC1. The number of aromatic nitrogens is 1. The molecule has 1 saturated carbocycles. The van der Waals surface area contributed by atoms with Crippen LogP contribution in [0.25, 0.3) is 10.9 Å². The van der Waals surface area contributed by atoms with Crippen LogP contribution >= 0.6 is 11.6 Å². The lowest BCUT2D eigenvalue weighted by Crippen LogP contribution is -2.42. The predicted octanol–water partition coefficient (Wildman–Crippen LogP) is 6.45. The predicted molar refractivity (Wildman–Crippen MR) is 120 cm³/mol. The second-order valence-corrected chi connectivity index (χ2v) is 8.29. The largest absolute Gasteiger partial charge is 0.418 e. The van der Waals surface area contributed by atoms with Gasteiger partial charge in [-0.15, -0.1) is 0 Å². The first-order valence-electron chi connectivity index (χ1n) is 10.3. The number of alkyl halides is 3. The van der Waals surface area contributed by atoms with E-state index in [4.69, 9.17) is 11.6 Å². The van der Waals surface area contributed by atoms with E-state index in [2.05, 4.69) is 20.9 Å². The first kappa shape index (κ1) is 22.2. The number of nitrogens with zero attached hydrogens (tertiary/aromatic N) is 1. The Labute approximate surface area is 188 Å². The van der Waals surface area contributed by atoms with Crippen molar-refractivity contribution in [2.24, 2.45) is 0 Å². The number of para-hydroxylation sites is 1. The summed E-state index contributed by atoms with van der Waals surface area (Å²) in [5, 5.41) is 10.3. The molecule has 4 rings (SSSR count). The number of hydrogen-bond donors (Lipinski definition) is 3. The Kier molecular flexibility index (Phi) is 6.41. The van der Waals surface area contributed by atoms with Crippen molar-refractivity contribution in [2.45, 2.75) is 43.9 Å². The van der Waals surface area contributed by atoms with E-state index in [1.165, 1.54) is 18.2 Å². The molecule has 2 aromatic carbocycles. The van der Waals surface area contributed by atoms with Crippen LogP contribution in [0.2, 0.25) is 5.02 Å². The lowest BCUT2D eigenvalue weighted by atomic mass is 9.91. The molecule has 168 valence electrons. The summed E-state index contributed by atoms with van der Waals surface area (Å²) in [6.45, 7) is 0. The van der Waals surface area contributed by atoms with Gasteiger partial charge in [0.1, 0.15) is 0 Å². The maximum atomic E-state index is 13.1. The van der Waals surface area contributed by atoms with Gasteiger partial charge in [0.25, 0.3) is 0 Å². The van der Waals surface area contributed by atoms with Crippen molar-refractivity contribution in [3.05, 3.63) is 65.3 Å². The minimum atomic E-state index is -4.53. The molecule has 2 amide bonds. The van der Waals surface area contributed by atoms with E-state index < -0.39 is 17.8 Å². The summed E-state index contributed by atoms with van der Waals surface area (Å²) in [6.07, 6.45) is 0.290. The first-order chi connectivity index (χ1) is 15.3. The molecule has 0 unspecified atom stereocenters. The fourth-order valence-corrected chi connectivity index (χ4v) is 4.20. The molecule has 5 nitrogen and oxygen atoms in total. The van der Waals surface area contributed by atoms with Crippen molar-refractivity contribution in [1.29, 1.82) is 0 Å². The summed E-state index contributed by atoms with van der Waals surface area (Å²) in [4.78, 5) is 16.6. The average Bonchev–Trinajstić information content (AvgIpc) is 2.74. The zero-order valence-corrected chi connectivity index (χ0v) is 17.8. The van der Waals surface area contributed by atoms with E-state index in [0.717, 1.165) is 48.3 Å². The monoisotopic (exact) mass is 462 g/mol. The molecular formula is C23H22ClF3N4O. The lowest BCUT2D eigenvalue weighted by molar-refractivity contribution is -0.136. The summed E-state index contributed by atoms with van der Waals surface area (Å²) in [6, 6.07) is 11.9. The maximum Gasteiger partial charge on any atom is 0.418 e. The van der Waals surface area contributed by atoms with Crippen molar-refractivity contribution in [3.63, 3.8) is 0 Å². The summed E-state index contributed by atoms with van der Waals surface area (Å²) in [7, 11) is 0. The van der Waals surface area contributed by atoms with Crippen LogP contribution in [0.15, 0.2) is 54.7 Å². The highest BCUT2D eigenvalue weighted by atomic mass is 35.5. The Morgan fingerprint density at radius 3 is 2.44 bits per heavy atom. The maximum absolute atomic E-state index is 13.1. The minimum absolute atomic E-state index is 0.0981. The Balaban J connectivity index is 1.32. The number of carbonyl (C=O) groups is 1. The van der Waals surface area contributed by atoms with Crippen molar-refractivity contribution < 1.29 is 18.0 Å². The van der Waals surface area contributed by atoms with Gasteiger partial charge in [-0.25, -0.2) is 4.79 Å². The van der Waals surface area contributed by atoms with Crippen LogP contribution in [-0.2, 0) is 6.18 Å². The highest BCUT2D eigenvalue weighted by Gasteiger charge is 2.33. The second kappa shape index (κ2) is 9.24. The third kappa shape index (κ3) is 5.24. The standard InChI is InChI=1S/C23H22ClF3N4O/c24-14-5-10-17-19(11-12-28-21(17)13-14)29-15-6-8-16(9-7-15)30-22(32)31-20-4-2-1-3-18(20)23(25,26)27/h1-5,10-13,15-16H,6-9H2,(H,28,29)(H2,30,31,32). The topological polar surface area (TPSA) is 66.1 Å². The number of rotatable bonds is 4. The number of halogens is 4. The van der Waals surface area contributed by atoms with Gasteiger partial charge in [0.15, 0.2) is 0 Å². The second-order valence-electron chi connectivity index (χ2n) is 7.85. The molecule has 32 heavy (non-hydrogen) atoms. The van der Waals surface area contributed by atoms with Crippen molar-refractivity contribution in [2.75, 3.05) is 10.6 Å². The summed E-state index contributed by atoms with van der Waals surface area (Å²) in [5.74, 6) is 0. The molecule has 0 saturated heterocycles. The first-order valence-corrected chi connectivity index (χ1v) is 10.7. The number of fused-ring (bicyclic) bond motifs is 1. The van der Waals surface area contributed by atoms with E-state index >= 15 is 0 Å². The van der Waals surface area contributed by atoms with E-state index in [0.29, 0.717) is 5.02 Å². The van der Waals surface area contributed by atoms with E-state index in [-0.39, 0.29) is 17.8 Å². The number of amides is 2. The van der Waals surface area contributed by atoms with Gasteiger partial charge < -0.3 is 16.0 Å². The van der Waals surface area contributed by atoms with Crippen molar-refractivity contribution in [3.8, 4) is 0 Å².